The molecule has 1 amide bonds. The molecule has 24 heavy (non-hydrogen) atoms. The lowest BCUT2D eigenvalue weighted by molar-refractivity contribution is -0.385. The van der Waals surface area contributed by atoms with Crippen LogP contribution in [0, 0.1) is 16.0 Å². The first kappa shape index (κ1) is 17.7. The average Bonchev–Trinajstić information content (AvgIpc) is 2.54. The Bertz CT molecular complexity index is 698. The molecular formula is C17H20N2O5. The van der Waals surface area contributed by atoms with E-state index in [4.69, 9.17) is 4.74 Å². The number of fused-ring (bicyclic) bond motifs is 1. The molecule has 0 N–H and O–H groups in total. The van der Waals surface area contributed by atoms with E-state index in [1.165, 1.54) is 30.2 Å². The molecule has 128 valence electrons. The first-order chi connectivity index (χ1) is 11.4. The van der Waals surface area contributed by atoms with Crippen molar-refractivity contribution in [3.8, 4) is 0 Å². The molecule has 0 saturated heterocycles. The third-order valence-electron chi connectivity index (χ3n) is 4.16. The van der Waals surface area contributed by atoms with Gasteiger partial charge in [-0.3, -0.25) is 19.8 Å². The predicted octanol–water partition coefficient (Wildman–Crippen LogP) is 3.69. The molecule has 7 nitrogen and oxygen atoms in total. The number of carbonyl (C=O) groups excluding carboxylic acids is 2. The first-order valence-electron chi connectivity index (χ1n) is 7.83. The van der Waals surface area contributed by atoms with E-state index in [1.54, 1.807) is 19.1 Å². The molecule has 0 saturated carbocycles. The first-order valence-corrected chi connectivity index (χ1v) is 7.83. The topological polar surface area (TPSA) is 89.8 Å². The third kappa shape index (κ3) is 3.15. The number of hydrogen-bond donors (Lipinski definition) is 0. The zero-order valence-corrected chi connectivity index (χ0v) is 13.9. The number of Topliss-reactive ketones (excluding diaryl/α,β-unsaturated/α-hetero) is 1. The maximum Gasteiger partial charge on any atom is 0.414 e. The molecule has 0 aromatic heterocycles. The number of ketones is 1. The summed E-state index contributed by atoms with van der Waals surface area (Å²) in [6.45, 7) is 5.22. The summed E-state index contributed by atoms with van der Waals surface area (Å²) >= 11 is 0. The van der Waals surface area contributed by atoms with Gasteiger partial charge in [0.05, 0.1) is 23.1 Å². The normalized spacial score (nSPS) is 17.1. The summed E-state index contributed by atoms with van der Waals surface area (Å²) in [5.41, 5.74) is 0.963. The highest BCUT2D eigenvalue weighted by Gasteiger charge is 2.38. The number of rotatable bonds is 5. The van der Waals surface area contributed by atoms with Crippen LogP contribution in [0.4, 0.5) is 10.5 Å². The fourth-order valence-corrected chi connectivity index (χ4v) is 3.08. The van der Waals surface area contributed by atoms with Crippen LogP contribution in [0.1, 0.15) is 44.4 Å². The third-order valence-corrected chi connectivity index (χ3v) is 4.16. The standard InChI is InChI=1S/C17H20N2O5/c1-4-12(11(3)20)16-14-7-6-8-15(19(22)23)13(14)9-10-18(16)17(21)24-5-2/h6-10,12,16H,4-5H2,1-3H3. The van der Waals surface area contributed by atoms with Gasteiger partial charge in [0.1, 0.15) is 5.78 Å². The van der Waals surface area contributed by atoms with Crippen molar-refractivity contribution in [3.63, 3.8) is 0 Å². The van der Waals surface area contributed by atoms with Crippen LogP contribution in [0.5, 0.6) is 0 Å². The van der Waals surface area contributed by atoms with Gasteiger partial charge in [0.2, 0.25) is 0 Å². The minimum Gasteiger partial charge on any atom is -0.449 e. The van der Waals surface area contributed by atoms with Gasteiger partial charge in [-0.15, -0.1) is 0 Å². The van der Waals surface area contributed by atoms with E-state index in [9.17, 15) is 19.7 Å². The van der Waals surface area contributed by atoms with Crippen molar-refractivity contribution in [1.82, 2.24) is 4.90 Å². The summed E-state index contributed by atoms with van der Waals surface area (Å²) in [5, 5.41) is 11.3. The molecule has 1 aliphatic rings. The van der Waals surface area contributed by atoms with Gasteiger partial charge in [-0.2, -0.15) is 0 Å². The van der Waals surface area contributed by atoms with Gasteiger partial charge in [-0.1, -0.05) is 19.1 Å². The maximum absolute atomic E-state index is 12.3. The van der Waals surface area contributed by atoms with Gasteiger partial charge in [0.15, 0.2) is 0 Å². The molecule has 2 unspecified atom stereocenters. The Hall–Kier alpha value is -2.70. The van der Waals surface area contributed by atoms with Crippen molar-refractivity contribution >= 4 is 23.6 Å². The van der Waals surface area contributed by atoms with Gasteiger partial charge < -0.3 is 4.74 Å². The Balaban J connectivity index is 2.61. The number of nitro groups is 1. The molecule has 1 aromatic carbocycles. The van der Waals surface area contributed by atoms with Crippen LogP contribution in [-0.2, 0) is 9.53 Å². The highest BCUT2D eigenvalue weighted by molar-refractivity contribution is 5.83. The minimum absolute atomic E-state index is 0.0457. The number of amides is 1. The molecule has 2 rings (SSSR count). The zero-order valence-electron chi connectivity index (χ0n) is 13.9. The summed E-state index contributed by atoms with van der Waals surface area (Å²) in [4.78, 5) is 36.5. The van der Waals surface area contributed by atoms with Gasteiger partial charge in [0, 0.05) is 18.2 Å². The Morgan fingerprint density at radius 2 is 2.08 bits per heavy atom. The molecule has 0 radical (unpaired) electrons. The molecule has 2 atom stereocenters. The Labute approximate surface area is 140 Å². The van der Waals surface area contributed by atoms with Gasteiger partial charge in [-0.25, -0.2) is 4.79 Å². The Morgan fingerprint density at radius 3 is 2.62 bits per heavy atom. The van der Waals surface area contributed by atoms with E-state index in [2.05, 4.69) is 0 Å². The van der Waals surface area contributed by atoms with E-state index >= 15 is 0 Å². The van der Waals surface area contributed by atoms with Crippen molar-refractivity contribution in [2.75, 3.05) is 6.61 Å². The number of hydrogen-bond acceptors (Lipinski definition) is 5. The predicted molar refractivity (Wildman–Crippen MR) is 88.2 cm³/mol. The molecule has 1 heterocycles. The SMILES string of the molecule is CCOC(=O)N1C=Cc2c(cccc2[N+](=O)[O-])C1C(CC)C(C)=O. The van der Waals surface area contributed by atoms with Crippen molar-refractivity contribution < 1.29 is 19.2 Å². The van der Waals surface area contributed by atoms with E-state index in [1.807, 2.05) is 6.92 Å². The molecule has 0 fully saturated rings. The summed E-state index contributed by atoms with van der Waals surface area (Å²) in [5.74, 6) is -0.551. The molecule has 1 aromatic rings. The van der Waals surface area contributed by atoms with E-state index in [0.29, 0.717) is 17.5 Å². The monoisotopic (exact) mass is 332 g/mol. The largest absolute Gasteiger partial charge is 0.449 e. The van der Waals surface area contributed by atoms with Gasteiger partial charge in [-0.05, 0) is 31.9 Å². The number of nitro benzene ring substituents is 1. The Kier molecular flexibility index (Phi) is 5.33. The second-order valence-corrected chi connectivity index (χ2v) is 5.53. The Morgan fingerprint density at radius 1 is 1.38 bits per heavy atom. The van der Waals surface area contributed by atoms with E-state index < -0.39 is 23.0 Å². The summed E-state index contributed by atoms with van der Waals surface area (Å²) in [6.07, 6.45) is 2.92. The lowest BCUT2D eigenvalue weighted by atomic mass is 9.83. The molecule has 1 aliphatic heterocycles. The lowest BCUT2D eigenvalue weighted by Gasteiger charge is -2.36. The van der Waals surface area contributed by atoms with Crippen molar-refractivity contribution in [2.45, 2.75) is 33.2 Å². The van der Waals surface area contributed by atoms with Crippen molar-refractivity contribution in [2.24, 2.45) is 5.92 Å². The molecule has 0 bridgehead atoms. The van der Waals surface area contributed by atoms with Crippen LogP contribution < -0.4 is 0 Å². The van der Waals surface area contributed by atoms with Crippen molar-refractivity contribution in [3.05, 3.63) is 45.6 Å². The molecular weight excluding hydrogens is 312 g/mol. The van der Waals surface area contributed by atoms with E-state index in [-0.39, 0.29) is 18.1 Å². The number of ether oxygens (including phenoxy) is 1. The summed E-state index contributed by atoms with van der Waals surface area (Å²) < 4.78 is 5.07. The van der Waals surface area contributed by atoms with Gasteiger partial charge in [0.25, 0.3) is 5.69 Å². The fourth-order valence-electron chi connectivity index (χ4n) is 3.08. The summed E-state index contributed by atoms with van der Waals surface area (Å²) in [6, 6.07) is 4.08. The van der Waals surface area contributed by atoms with Crippen LogP contribution in [-0.4, -0.2) is 28.3 Å². The average molecular weight is 332 g/mol. The fraction of sp³-hybridized carbons (Fsp3) is 0.412. The smallest absolute Gasteiger partial charge is 0.414 e. The number of nitrogens with zero attached hydrogens (tertiary/aromatic N) is 2. The van der Waals surface area contributed by atoms with Crippen molar-refractivity contribution in [1.29, 1.82) is 0 Å². The maximum atomic E-state index is 12.3. The van der Waals surface area contributed by atoms with Crippen LogP contribution in [0.25, 0.3) is 6.08 Å². The molecule has 0 spiro atoms. The second kappa shape index (κ2) is 7.25. The lowest BCUT2D eigenvalue weighted by Crippen LogP contribution is -2.39. The zero-order chi connectivity index (χ0) is 17.9. The number of carbonyl (C=O) groups is 2. The van der Waals surface area contributed by atoms with Crippen LogP contribution in [0.3, 0.4) is 0 Å². The number of benzene rings is 1. The van der Waals surface area contributed by atoms with Crippen LogP contribution in [0.15, 0.2) is 24.4 Å². The van der Waals surface area contributed by atoms with Gasteiger partial charge >= 0.3 is 6.09 Å². The molecule has 7 heteroatoms. The summed E-state index contributed by atoms with van der Waals surface area (Å²) in [7, 11) is 0. The van der Waals surface area contributed by atoms with Crippen LogP contribution >= 0.6 is 0 Å². The van der Waals surface area contributed by atoms with Crippen LogP contribution in [0.2, 0.25) is 0 Å². The van der Waals surface area contributed by atoms with E-state index in [0.717, 1.165) is 0 Å². The second-order valence-electron chi connectivity index (χ2n) is 5.53. The quantitative estimate of drug-likeness (QED) is 0.606. The highest BCUT2D eigenvalue weighted by atomic mass is 16.6. The molecule has 0 aliphatic carbocycles. The minimum atomic E-state index is -0.619. The highest BCUT2D eigenvalue weighted by Crippen LogP contribution is 2.41.